The fraction of sp³-hybridized carbons (Fsp3) is 0.727. The van der Waals surface area contributed by atoms with Crippen LogP contribution in [0.25, 0.3) is 0 Å². The highest BCUT2D eigenvalue weighted by Crippen LogP contribution is 2.10. The van der Waals surface area contributed by atoms with Gasteiger partial charge in [0.15, 0.2) is 0 Å². The van der Waals surface area contributed by atoms with Crippen LogP contribution in [0.2, 0.25) is 0 Å². The standard InChI is InChI=1S/C10H20N2O.CH4O4S/c1-6-9(12(3,4)5)7-8(2)10(11)13;1-5-6(2,3)4/h7,9H,6H2,1-5H3,(H-,11,13);1H3,(H,2,3,4). The number of likely N-dealkylation sites (N-methyl/N-ethyl adjacent to an activating group) is 1. The van der Waals surface area contributed by atoms with E-state index < -0.39 is 10.4 Å². The van der Waals surface area contributed by atoms with Gasteiger partial charge in [-0.15, -0.1) is 0 Å². The lowest BCUT2D eigenvalue weighted by molar-refractivity contribution is -0.889. The summed E-state index contributed by atoms with van der Waals surface area (Å²) in [5.74, 6) is -0.327. The third kappa shape index (κ3) is 11.8. The van der Waals surface area contributed by atoms with Gasteiger partial charge in [0.1, 0.15) is 6.04 Å². The lowest BCUT2D eigenvalue weighted by Crippen LogP contribution is -2.44. The van der Waals surface area contributed by atoms with Crippen LogP contribution in [0.5, 0.6) is 0 Å². The molecule has 0 heterocycles. The molecule has 0 aliphatic carbocycles. The van der Waals surface area contributed by atoms with Gasteiger partial charge < -0.3 is 14.8 Å². The zero-order chi connectivity index (χ0) is 15.9. The molecule has 0 aliphatic heterocycles. The first kappa shape index (κ1) is 20.4. The average molecular weight is 296 g/mol. The summed E-state index contributed by atoms with van der Waals surface area (Å²) in [5.41, 5.74) is 5.82. The van der Waals surface area contributed by atoms with Gasteiger partial charge in [0.2, 0.25) is 16.3 Å². The zero-order valence-corrected chi connectivity index (χ0v) is 13.2. The highest BCUT2D eigenvalue weighted by Gasteiger charge is 2.19. The number of hydrogen-bond donors (Lipinski definition) is 1. The van der Waals surface area contributed by atoms with Crippen LogP contribution >= 0.6 is 0 Å². The quantitative estimate of drug-likeness (QED) is 0.332. The van der Waals surface area contributed by atoms with Gasteiger partial charge in [0, 0.05) is 12.0 Å². The van der Waals surface area contributed by atoms with Crippen molar-refractivity contribution in [2.75, 3.05) is 28.3 Å². The number of rotatable bonds is 5. The lowest BCUT2D eigenvalue weighted by Gasteiger charge is -2.31. The Morgan fingerprint density at radius 1 is 1.42 bits per heavy atom. The Labute approximate surface area is 115 Å². The van der Waals surface area contributed by atoms with Gasteiger partial charge >= 0.3 is 0 Å². The lowest BCUT2D eigenvalue weighted by atomic mass is 10.1. The molecule has 19 heavy (non-hydrogen) atoms. The van der Waals surface area contributed by atoms with Crippen molar-refractivity contribution in [3.63, 3.8) is 0 Å². The first-order valence-corrected chi connectivity index (χ1v) is 6.99. The monoisotopic (exact) mass is 296 g/mol. The number of nitrogens with two attached hydrogens (primary N) is 1. The van der Waals surface area contributed by atoms with Crippen LogP contribution in [-0.4, -0.2) is 57.7 Å². The molecule has 114 valence electrons. The van der Waals surface area contributed by atoms with Crippen molar-refractivity contribution in [3.8, 4) is 0 Å². The highest BCUT2D eigenvalue weighted by atomic mass is 32.3. The minimum atomic E-state index is -4.41. The third-order valence-corrected chi connectivity index (χ3v) is 2.86. The molecular weight excluding hydrogens is 272 g/mol. The molecule has 1 unspecified atom stereocenters. The highest BCUT2D eigenvalue weighted by molar-refractivity contribution is 7.80. The van der Waals surface area contributed by atoms with Crippen molar-refractivity contribution in [1.29, 1.82) is 0 Å². The molecule has 1 amide bonds. The van der Waals surface area contributed by atoms with Gasteiger partial charge in [-0.3, -0.25) is 8.98 Å². The zero-order valence-electron chi connectivity index (χ0n) is 12.3. The normalized spacial score (nSPS) is 14.4. The minimum absolute atomic E-state index is 0.327. The summed E-state index contributed by atoms with van der Waals surface area (Å²) in [4.78, 5) is 10.8. The summed E-state index contributed by atoms with van der Waals surface area (Å²) in [5, 5.41) is 0. The molecule has 7 nitrogen and oxygen atoms in total. The van der Waals surface area contributed by atoms with Gasteiger partial charge in [0.25, 0.3) is 0 Å². The fourth-order valence-corrected chi connectivity index (χ4v) is 1.26. The smallest absolute Gasteiger partial charge is 0.244 e. The van der Waals surface area contributed by atoms with E-state index in [1.807, 2.05) is 6.08 Å². The van der Waals surface area contributed by atoms with Gasteiger partial charge in [-0.2, -0.15) is 0 Å². The van der Waals surface area contributed by atoms with Gasteiger partial charge in [-0.25, -0.2) is 8.42 Å². The molecule has 0 spiro atoms. The molecule has 0 saturated carbocycles. The minimum Gasteiger partial charge on any atom is -0.726 e. The van der Waals surface area contributed by atoms with Crippen LogP contribution in [0.3, 0.4) is 0 Å². The first-order valence-electron chi connectivity index (χ1n) is 5.65. The van der Waals surface area contributed by atoms with Crippen LogP contribution in [-0.2, 0) is 19.4 Å². The van der Waals surface area contributed by atoms with E-state index in [1.54, 1.807) is 6.92 Å². The number of hydrogen-bond acceptors (Lipinski definition) is 5. The summed E-state index contributed by atoms with van der Waals surface area (Å²) in [6.07, 6.45) is 2.97. The van der Waals surface area contributed by atoms with E-state index in [4.69, 9.17) is 5.73 Å². The molecule has 0 fully saturated rings. The molecule has 0 rings (SSSR count). The van der Waals surface area contributed by atoms with Crippen molar-refractivity contribution in [3.05, 3.63) is 11.6 Å². The van der Waals surface area contributed by atoms with E-state index in [1.165, 1.54) is 0 Å². The Bertz CT molecular complexity index is 409. The predicted octanol–water partition coefficient (Wildman–Crippen LogP) is -0.00420. The molecule has 0 aromatic carbocycles. The molecule has 2 N–H and O–H groups in total. The maximum atomic E-state index is 10.8. The molecule has 1 atom stereocenters. The van der Waals surface area contributed by atoms with Gasteiger partial charge in [-0.05, 0) is 13.0 Å². The number of nitrogens with zero attached hydrogens (tertiary/aromatic N) is 1. The van der Waals surface area contributed by atoms with Crippen molar-refractivity contribution in [2.24, 2.45) is 5.73 Å². The predicted molar refractivity (Wildman–Crippen MR) is 71.8 cm³/mol. The molecule has 0 bridgehead atoms. The molecule has 8 heteroatoms. The Hall–Kier alpha value is -0.960. The van der Waals surface area contributed by atoms with E-state index in [0.29, 0.717) is 11.6 Å². The van der Waals surface area contributed by atoms with E-state index >= 15 is 0 Å². The SMILES string of the molecule is CCC(C=C(C)C(N)=O)[N+](C)(C)C.COS(=O)(=O)[O-]. The van der Waals surface area contributed by atoms with Crippen molar-refractivity contribution >= 4 is 16.3 Å². The van der Waals surface area contributed by atoms with Crippen LogP contribution in [0.4, 0.5) is 0 Å². The van der Waals surface area contributed by atoms with E-state index in [9.17, 15) is 17.8 Å². The van der Waals surface area contributed by atoms with Crippen LogP contribution in [0.15, 0.2) is 11.6 Å². The second-order valence-electron chi connectivity index (χ2n) is 4.88. The molecule has 0 radical (unpaired) electrons. The summed E-state index contributed by atoms with van der Waals surface area (Å²) < 4.78 is 31.8. The summed E-state index contributed by atoms with van der Waals surface area (Å²) in [6.45, 7) is 3.87. The van der Waals surface area contributed by atoms with E-state index in [2.05, 4.69) is 32.2 Å². The van der Waals surface area contributed by atoms with Crippen molar-refractivity contribution in [2.45, 2.75) is 26.3 Å². The Balaban J connectivity index is 0. The van der Waals surface area contributed by atoms with Crippen molar-refractivity contribution < 1.29 is 26.4 Å². The third-order valence-electron chi connectivity index (χ3n) is 2.45. The van der Waals surface area contributed by atoms with Crippen LogP contribution in [0, 0.1) is 0 Å². The van der Waals surface area contributed by atoms with Crippen molar-refractivity contribution in [1.82, 2.24) is 0 Å². The molecule has 0 aromatic heterocycles. The van der Waals surface area contributed by atoms with E-state index in [-0.39, 0.29) is 5.91 Å². The number of carbonyl (C=O) groups is 1. The molecule has 0 saturated heterocycles. The maximum absolute atomic E-state index is 10.8. The van der Waals surface area contributed by atoms with Gasteiger partial charge in [-0.1, -0.05) is 6.92 Å². The number of amides is 1. The Morgan fingerprint density at radius 2 is 1.79 bits per heavy atom. The Kier molecular flexibility index (Phi) is 8.85. The first-order chi connectivity index (χ1) is 8.35. The molecule has 0 aromatic rings. The van der Waals surface area contributed by atoms with Crippen LogP contribution < -0.4 is 5.73 Å². The average Bonchev–Trinajstić information content (AvgIpc) is 2.23. The number of quaternary nitrogens is 1. The molecular formula is C11H24N2O5S. The fourth-order valence-electron chi connectivity index (χ4n) is 1.26. The number of carbonyl (C=O) groups excluding carboxylic acids is 1. The van der Waals surface area contributed by atoms with Gasteiger partial charge in [0.05, 0.1) is 28.3 Å². The second kappa shape index (κ2) is 8.26. The second-order valence-corrected chi connectivity index (χ2v) is 6.03. The Morgan fingerprint density at radius 3 is 1.95 bits per heavy atom. The van der Waals surface area contributed by atoms with Crippen LogP contribution in [0.1, 0.15) is 20.3 Å². The molecule has 0 aliphatic rings. The summed E-state index contributed by atoms with van der Waals surface area (Å²) in [6, 6.07) is 0.354. The summed E-state index contributed by atoms with van der Waals surface area (Å²) in [7, 11) is 2.73. The summed E-state index contributed by atoms with van der Waals surface area (Å²) >= 11 is 0. The number of primary amides is 1. The topological polar surface area (TPSA) is 110 Å². The maximum Gasteiger partial charge on any atom is 0.244 e. The van der Waals surface area contributed by atoms with E-state index in [0.717, 1.165) is 18.0 Å². The largest absolute Gasteiger partial charge is 0.726 e.